The normalized spacial score (nSPS) is 14.2. The number of hydrogen-bond donors (Lipinski definition) is 2. The Balaban J connectivity index is 2.13. The fraction of sp³-hybridized carbons (Fsp3) is 0.480. The minimum absolute atomic E-state index is 0.0546. The number of nitrogens with one attached hydrogen (secondary N) is 1. The van der Waals surface area contributed by atoms with Crippen molar-refractivity contribution in [2.24, 2.45) is 0 Å². The quantitative estimate of drug-likeness (QED) is 0.488. The summed E-state index contributed by atoms with van der Waals surface area (Å²) in [7, 11) is 0. The molecule has 2 atom stereocenters. The van der Waals surface area contributed by atoms with E-state index < -0.39 is 11.6 Å². The Bertz CT molecular complexity index is 833. The van der Waals surface area contributed by atoms with Crippen LogP contribution < -0.4 is 11.1 Å². The van der Waals surface area contributed by atoms with Crippen LogP contribution in [0.5, 0.6) is 0 Å². The van der Waals surface area contributed by atoms with Crippen LogP contribution in [0.1, 0.15) is 60.1 Å². The first-order valence-electron chi connectivity index (χ1n) is 10.4. The van der Waals surface area contributed by atoms with Gasteiger partial charge in [-0.1, -0.05) is 36.4 Å². The molecule has 2 rings (SSSR count). The van der Waals surface area contributed by atoms with Crippen molar-refractivity contribution in [1.82, 2.24) is 5.32 Å². The number of ether oxygens (including phenoxy) is 2. The molecule has 164 valence electrons. The van der Waals surface area contributed by atoms with E-state index in [1.54, 1.807) is 0 Å². The molecular weight excluding hydrogens is 376 g/mol. The summed E-state index contributed by atoms with van der Waals surface area (Å²) in [6.07, 6.45) is 0. The summed E-state index contributed by atoms with van der Waals surface area (Å²) >= 11 is 0. The molecule has 2 unspecified atom stereocenters. The van der Waals surface area contributed by atoms with Crippen LogP contribution in [-0.2, 0) is 14.3 Å². The van der Waals surface area contributed by atoms with Gasteiger partial charge in [0.15, 0.2) is 0 Å². The first kappa shape index (κ1) is 23.9. The molecule has 0 saturated heterocycles. The standard InChI is InChI=1S/C25H36N2O3/c1-17(18-11-13-19(14-12-18)20-9-8-10-21(26)15-20)27-22(16-29-24(2,3)4)23(28)30-25(5,6)7/h8-15,17,22,27H,16,26H2,1-7H3. The monoisotopic (exact) mass is 412 g/mol. The molecule has 0 heterocycles. The molecule has 0 saturated carbocycles. The van der Waals surface area contributed by atoms with E-state index in [1.807, 2.05) is 72.7 Å². The second kappa shape index (κ2) is 9.63. The number of rotatable bonds is 7. The molecule has 0 fully saturated rings. The van der Waals surface area contributed by atoms with Gasteiger partial charge < -0.3 is 15.2 Å². The molecule has 0 aliphatic rings. The van der Waals surface area contributed by atoms with Crippen molar-refractivity contribution < 1.29 is 14.3 Å². The van der Waals surface area contributed by atoms with Gasteiger partial charge in [-0.05, 0) is 77.3 Å². The van der Waals surface area contributed by atoms with Gasteiger partial charge in [0.1, 0.15) is 11.6 Å². The van der Waals surface area contributed by atoms with Gasteiger partial charge in [-0.15, -0.1) is 0 Å². The second-order valence-electron chi connectivity index (χ2n) is 9.65. The topological polar surface area (TPSA) is 73.6 Å². The molecule has 0 spiro atoms. The highest BCUT2D eigenvalue weighted by molar-refractivity contribution is 5.76. The highest BCUT2D eigenvalue weighted by Crippen LogP contribution is 2.24. The minimum Gasteiger partial charge on any atom is -0.459 e. The lowest BCUT2D eigenvalue weighted by Gasteiger charge is -2.29. The summed E-state index contributed by atoms with van der Waals surface area (Å²) in [5, 5.41) is 3.38. The Hall–Kier alpha value is -2.37. The Morgan fingerprint density at radius 2 is 1.60 bits per heavy atom. The third-order valence-corrected chi connectivity index (χ3v) is 4.46. The summed E-state index contributed by atoms with van der Waals surface area (Å²) in [4.78, 5) is 12.7. The number of benzene rings is 2. The van der Waals surface area contributed by atoms with Crippen LogP contribution in [0.2, 0.25) is 0 Å². The van der Waals surface area contributed by atoms with Crippen molar-refractivity contribution in [2.75, 3.05) is 12.3 Å². The third-order valence-electron chi connectivity index (χ3n) is 4.46. The Labute approximate surface area is 181 Å². The lowest BCUT2D eigenvalue weighted by molar-refractivity contribution is -0.160. The van der Waals surface area contributed by atoms with Gasteiger partial charge >= 0.3 is 5.97 Å². The Kier molecular flexibility index (Phi) is 7.67. The van der Waals surface area contributed by atoms with Crippen molar-refractivity contribution in [1.29, 1.82) is 0 Å². The Morgan fingerprint density at radius 3 is 2.13 bits per heavy atom. The van der Waals surface area contributed by atoms with Crippen LogP contribution in [0.25, 0.3) is 11.1 Å². The van der Waals surface area contributed by atoms with Crippen LogP contribution in [0.3, 0.4) is 0 Å². The number of anilines is 1. The number of nitrogen functional groups attached to an aromatic ring is 1. The predicted molar refractivity (Wildman–Crippen MR) is 123 cm³/mol. The molecule has 0 aromatic heterocycles. The van der Waals surface area contributed by atoms with E-state index in [1.165, 1.54) is 0 Å². The zero-order chi connectivity index (χ0) is 22.5. The van der Waals surface area contributed by atoms with Gasteiger partial charge in [0.25, 0.3) is 0 Å². The van der Waals surface area contributed by atoms with Gasteiger partial charge in [0, 0.05) is 11.7 Å². The zero-order valence-electron chi connectivity index (χ0n) is 19.3. The smallest absolute Gasteiger partial charge is 0.326 e. The molecule has 5 heteroatoms. The average molecular weight is 413 g/mol. The second-order valence-corrected chi connectivity index (χ2v) is 9.65. The van der Waals surface area contributed by atoms with Crippen LogP contribution in [0.4, 0.5) is 5.69 Å². The van der Waals surface area contributed by atoms with E-state index in [-0.39, 0.29) is 24.2 Å². The number of carbonyl (C=O) groups is 1. The van der Waals surface area contributed by atoms with Gasteiger partial charge in [-0.2, -0.15) is 0 Å². The zero-order valence-corrected chi connectivity index (χ0v) is 19.3. The van der Waals surface area contributed by atoms with E-state index >= 15 is 0 Å². The number of hydrogen-bond acceptors (Lipinski definition) is 5. The maximum absolute atomic E-state index is 12.7. The van der Waals surface area contributed by atoms with Crippen LogP contribution in [0.15, 0.2) is 48.5 Å². The van der Waals surface area contributed by atoms with Crippen LogP contribution in [0, 0.1) is 0 Å². The third kappa shape index (κ3) is 7.81. The predicted octanol–water partition coefficient (Wildman–Crippen LogP) is 5.11. The van der Waals surface area contributed by atoms with Crippen molar-refractivity contribution in [3.8, 4) is 11.1 Å². The maximum atomic E-state index is 12.7. The summed E-state index contributed by atoms with van der Waals surface area (Å²) in [5.41, 5.74) is 8.99. The Morgan fingerprint density at radius 1 is 0.967 bits per heavy atom. The van der Waals surface area contributed by atoms with Crippen molar-refractivity contribution in [2.45, 2.75) is 71.8 Å². The molecule has 2 aromatic rings. The fourth-order valence-corrected chi connectivity index (χ4v) is 2.97. The lowest BCUT2D eigenvalue weighted by Crippen LogP contribution is -2.46. The highest BCUT2D eigenvalue weighted by atomic mass is 16.6. The van der Waals surface area contributed by atoms with Gasteiger partial charge in [-0.25, -0.2) is 0 Å². The molecule has 2 aromatic carbocycles. The first-order chi connectivity index (χ1) is 13.8. The van der Waals surface area contributed by atoms with E-state index in [4.69, 9.17) is 15.2 Å². The molecule has 30 heavy (non-hydrogen) atoms. The molecule has 0 radical (unpaired) electrons. The highest BCUT2D eigenvalue weighted by Gasteiger charge is 2.28. The average Bonchev–Trinajstić information content (AvgIpc) is 2.63. The number of esters is 1. The van der Waals surface area contributed by atoms with Gasteiger partial charge in [0.2, 0.25) is 0 Å². The molecule has 5 nitrogen and oxygen atoms in total. The van der Waals surface area contributed by atoms with E-state index in [0.717, 1.165) is 22.4 Å². The van der Waals surface area contributed by atoms with Crippen LogP contribution >= 0.6 is 0 Å². The summed E-state index contributed by atoms with van der Waals surface area (Å²) in [6.45, 7) is 13.8. The SMILES string of the molecule is CC(NC(COC(C)(C)C)C(=O)OC(C)(C)C)c1ccc(-c2cccc(N)c2)cc1. The summed E-state index contributed by atoms with van der Waals surface area (Å²) in [5.74, 6) is -0.310. The van der Waals surface area contributed by atoms with Crippen molar-refractivity contribution >= 4 is 11.7 Å². The molecular formula is C25H36N2O3. The van der Waals surface area contributed by atoms with Crippen molar-refractivity contribution in [3.63, 3.8) is 0 Å². The molecule has 3 N–H and O–H groups in total. The molecule has 0 amide bonds. The molecule has 0 aliphatic carbocycles. The van der Waals surface area contributed by atoms with Crippen LogP contribution in [-0.4, -0.2) is 29.8 Å². The van der Waals surface area contributed by atoms with E-state index in [2.05, 4.69) is 29.6 Å². The lowest BCUT2D eigenvalue weighted by atomic mass is 10.0. The minimum atomic E-state index is -0.563. The fourth-order valence-electron chi connectivity index (χ4n) is 2.97. The largest absolute Gasteiger partial charge is 0.459 e. The summed E-state index contributed by atoms with van der Waals surface area (Å²) in [6, 6.07) is 15.5. The van der Waals surface area contributed by atoms with Crippen molar-refractivity contribution in [3.05, 3.63) is 54.1 Å². The van der Waals surface area contributed by atoms with E-state index in [9.17, 15) is 4.79 Å². The molecule has 0 aliphatic heterocycles. The maximum Gasteiger partial charge on any atom is 0.326 e. The first-order valence-corrected chi connectivity index (χ1v) is 10.4. The van der Waals surface area contributed by atoms with Gasteiger partial charge in [-0.3, -0.25) is 10.1 Å². The number of carbonyl (C=O) groups excluding carboxylic acids is 1. The molecule has 0 bridgehead atoms. The summed E-state index contributed by atoms with van der Waals surface area (Å²) < 4.78 is 11.5. The van der Waals surface area contributed by atoms with Gasteiger partial charge in [0.05, 0.1) is 12.2 Å². The van der Waals surface area contributed by atoms with E-state index in [0.29, 0.717) is 0 Å². The number of nitrogens with two attached hydrogens (primary N) is 1.